The van der Waals surface area contributed by atoms with Crippen molar-refractivity contribution in [2.75, 3.05) is 47.5 Å². The van der Waals surface area contributed by atoms with Gasteiger partial charge < -0.3 is 23.2 Å². The molecule has 0 aromatic rings. The molecular formula is C11H24NO6P. The molecule has 0 spiro atoms. The third kappa shape index (κ3) is 11.1. The molecule has 0 aliphatic rings. The van der Waals surface area contributed by atoms with Gasteiger partial charge >= 0.3 is 5.97 Å². The number of rotatable bonds is 9. The highest BCUT2D eigenvalue weighted by Gasteiger charge is 2.14. The normalized spacial score (nSPS) is 15.3. The van der Waals surface area contributed by atoms with Crippen LogP contribution >= 0.6 is 7.82 Å². The number of ether oxygens (including phenoxy) is 1. The Morgan fingerprint density at radius 2 is 1.68 bits per heavy atom. The molecule has 0 aromatic heterocycles. The van der Waals surface area contributed by atoms with Crippen molar-refractivity contribution in [1.29, 1.82) is 0 Å². The molecule has 0 saturated carbocycles. The maximum atomic E-state index is 11.3. The maximum Gasteiger partial charge on any atom is 0.308 e. The number of phosphoric ester groups is 1. The summed E-state index contributed by atoms with van der Waals surface area (Å²) in [5.74, 6) is -0.643. The lowest BCUT2D eigenvalue weighted by Crippen LogP contribution is -2.37. The molecule has 0 aliphatic heterocycles. The second kappa shape index (κ2) is 7.97. The standard InChI is InChI=1S/C11H24NO6P/c1-10(2)11(13)16-8-9-18-19(14,15)17-7-6-12(3,4)5/h10H,6-9H2,1-5H3. The van der Waals surface area contributed by atoms with Gasteiger partial charge in [-0.05, 0) is 0 Å². The van der Waals surface area contributed by atoms with Crippen LogP contribution in [0.5, 0.6) is 0 Å². The minimum absolute atomic E-state index is 0.0516. The van der Waals surface area contributed by atoms with Gasteiger partial charge in [-0.1, -0.05) is 13.8 Å². The van der Waals surface area contributed by atoms with E-state index in [-0.39, 0.29) is 25.7 Å². The molecule has 7 nitrogen and oxygen atoms in total. The Kier molecular flexibility index (Phi) is 7.78. The van der Waals surface area contributed by atoms with Gasteiger partial charge in [0.15, 0.2) is 0 Å². The first-order valence-corrected chi connectivity index (χ1v) is 7.57. The predicted octanol–water partition coefficient (Wildman–Crippen LogP) is 0.393. The molecular weight excluding hydrogens is 273 g/mol. The van der Waals surface area contributed by atoms with Gasteiger partial charge in [0, 0.05) is 0 Å². The number of hydrogen-bond donors (Lipinski definition) is 0. The monoisotopic (exact) mass is 297 g/mol. The van der Waals surface area contributed by atoms with E-state index in [1.165, 1.54) is 0 Å². The van der Waals surface area contributed by atoms with Crippen molar-refractivity contribution in [2.24, 2.45) is 5.92 Å². The second-order valence-corrected chi connectivity index (χ2v) is 6.86. The summed E-state index contributed by atoms with van der Waals surface area (Å²) in [4.78, 5) is 22.4. The molecule has 0 radical (unpaired) electrons. The van der Waals surface area contributed by atoms with Crippen LogP contribution < -0.4 is 4.89 Å². The van der Waals surface area contributed by atoms with Crippen LogP contribution in [-0.2, 0) is 23.1 Å². The number of nitrogens with zero attached hydrogens (tertiary/aromatic N) is 1. The molecule has 114 valence electrons. The molecule has 0 rings (SSSR count). The first kappa shape index (κ1) is 18.5. The zero-order chi connectivity index (χ0) is 15.1. The molecule has 0 amide bonds. The Morgan fingerprint density at radius 1 is 1.16 bits per heavy atom. The Hall–Kier alpha value is -0.460. The van der Waals surface area contributed by atoms with Gasteiger partial charge in [0.2, 0.25) is 0 Å². The van der Waals surface area contributed by atoms with Crippen molar-refractivity contribution in [1.82, 2.24) is 0 Å². The summed E-state index contributed by atoms with van der Waals surface area (Å²) in [6, 6.07) is 0. The number of likely N-dealkylation sites (N-methyl/N-ethyl adjacent to an activating group) is 1. The summed E-state index contributed by atoms with van der Waals surface area (Å²) in [6.07, 6.45) is 0. The van der Waals surface area contributed by atoms with Crippen LogP contribution in [0.1, 0.15) is 13.8 Å². The fourth-order valence-electron chi connectivity index (χ4n) is 0.922. The van der Waals surface area contributed by atoms with Crippen LogP contribution in [0.25, 0.3) is 0 Å². The fraction of sp³-hybridized carbons (Fsp3) is 0.909. The van der Waals surface area contributed by atoms with Crippen molar-refractivity contribution in [2.45, 2.75) is 13.8 Å². The number of esters is 1. The molecule has 0 saturated heterocycles. The second-order valence-electron chi connectivity index (χ2n) is 5.45. The zero-order valence-electron chi connectivity index (χ0n) is 12.2. The van der Waals surface area contributed by atoms with Crippen LogP contribution in [0.3, 0.4) is 0 Å². The number of phosphoric acid groups is 1. The average Bonchev–Trinajstić information content (AvgIpc) is 2.21. The Morgan fingerprint density at radius 3 is 2.16 bits per heavy atom. The molecule has 0 heterocycles. The largest absolute Gasteiger partial charge is 0.756 e. The molecule has 0 aliphatic carbocycles. The van der Waals surface area contributed by atoms with Gasteiger partial charge in [0.1, 0.15) is 19.8 Å². The van der Waals surface area contributed by atoms with Crippen molar-refractivity contribution < 1.29 is 32.5 Å². The van der Waals surface area contributed by atoms with Crippen LogP contribution in [0.15, 0.2) is 0 Å². The topological polar surface area (TPSA) is 84.9 Å². The minimum atomic E-state index is -4.31. The average molecular weight is 297 g/mol. The van der Waals surface area contributed by atoms with Crippen molar-refractivity contribution >= 4 is 13.8 Å². The van der Waals surface area contributed by atoms with Crippen molar-refractivity contribution in [3.8, 4) is 0 Å². The van der Waals surface area contributed by atoms with E-state index >= 15 is 0 Å². The van der Waals surface area contributed by atoms with E-state index in [1.54, 1.807) is 13.8 Å². The van der Waals surface area contributed by atoms with E-state index < -0.39 is 13.8 Å². The van der Waals surface area contributed by atoms with Crippen LogP contribution in [0, 0.1) is 5.92 Å². The van der Waals surface area contributed by atoms with E-state index in [2.05, 4.69) is 9.05 Å². The molecule has 0 bridgehead atoms. The van der Waals surface area contributed by atoms with E-state index in [0.29, 0.717) is 11.0 Å². The smallest absolute Gasteiger partial charge is 0.308 e. The number of quaternary nitrogens is 1. The Balaban J connectivity index is 3.80. The summed E-state index contributed by atoms with van der Waals surface area (Å²) in [5.41, 5.74) is 0. The number of carbonyl (C=O) groups is 1. The first-order chi connectivity index (χ1) is 8.53. The maximum absolute atomic E-state index is 11.3. The quantitative estimate of drug-likeness (QED) is 0.265. The van der Waals surface area contributed by atoms with Gasteiger partial charge in [-0.2, -0.15) is 0 Å². The summed E-state index contributed by atoms with van der Waals surface area (Å²) in [6.45, 7) is 3.63. The SMILES string of the molecule is CC(C)C(=O)OCCOP(=O)([O-])OCC[N+](C)(C)C. The third-order valence-corrected chi connectivity index (χ3v) is 3.06. The van der Waals surface area contributed by atoms with Gasteiger partial charge in [-0.25, -0.2) is 0 Å². The van der Waals surface area contributed by atoms with Crippen LogP contribution in [-0.4, -0.2) is 58.0 Å². The van der Waals surface area contributed by atoms with Gasteiger partial charge in [-0.3, -0.25) is 9.36 Å². The number of hydrogen-bond acceptors (Lipinski definition) is 6. The summed E-state index contributed by atoms with van der Waals surface area (Å²) >= 11 is 0. The molecule has 0 fully saturated rings. The minimum Gasteiger partial charge on any atom is -0.756 e. The molecule has 19 heavy (non-hydrogen) atoms. The summed E-state index contributed by atoms with van der Waals surface area (Å²) < 4.78 is 25.9. The van der Waals surface area contributed by atoms with E-state index in [9.17, 15) is 14.3 Å². The lowest BCUT2D eigenvalue weighted by atomic mass is 10.2. The fourth-order valence-corrected chi connectivity index (χ4v) is 1.60. The highest BCUT2D eigenvalue weighted by Crippen LogP contribution is 2.37. The van der Waals surface area contributed by atoms with Gasteiger partial charge in [-0.15, -0.1) is 0 Å². The predicted molar refractivity (Wildman–Crippen MR) is 68.2 cm³/mol. The van der Waals surface area contributed by atoms with Crippen molar-refractivity contribution in [3.63, 3.8) is 0 Å². The van der Waals surface area contributed by atoms with Gasteiger partial charge in [0.05, 0.1) is 33.7 Å². The zero-order valence-corrected chi connectivity index (χ0v) is 13.1. The van der Waals surface area contributed by atoms with E-state index in [1.807, 2.05) is 21.1 Å². The van der Waals surface area contributed by atoms with Gasteiger partial charge in [0.25, 0.3) is 7.82 Å². The summed E-state index contributed by atoms with van der Waals surface area (Å²) in [7, 11) is 1.45. The molecule has 8 heteroatoms. The molecule has 0 aromatic carbocycles. The lowest BCUT2D eigenvalue weighted by Gasteiger charge is -2.27. The lowest BCUT2D eigenvalue weighted by molar-refractivity contribution is -0.870. The Labute approximate surface area is 114 Å². The molecule has 0 N–H and O–H groups in total. The highest BCUT2D eigenvalue weighted by atomic mass is 31.2. The third-order valence-electron chi connectivity index (χ3n) is 2.06. The number of carbonyl (C=O) groups excluding carboxylic acids is 1. The van der Waals surface area contributed by atoms with Crippen LogP contribution in [0.4, 0.5) is 0 Å². The van der Waals surface area contributed by atoms with E-state index in [0.717, 1.165) is 0 Å². The van der Waals surface area contributed by atoms with Crippen LogP contribution in [0.2, 0.25) is 0 Å². The Bertz CT molecular complexity index is 326. The van der Waals surface area contributed by atoms with E-state index in [4.69, 9.17) is 4.74 Å². The van der Waals surface area contributed by atoms with Crippen molar-refractivity contribution in [3.05, 3.63) is 0 Å². The highest BCUT2D eigenvalue weighted by molar-refractivity contribution is 7.45. The summed E-state index contributed by atoms with van der Waals surface area (Å²) in [5, 5.41) is 0. The first-order valence-electron chi connectivity index (χ1n) is 6.11. The molecule has 1 atom stereocenters. The molecule has 1 unspecified atom stereocenters.